The van der Waals surface area contributed by atoms with Gasteiger partial charge in [-0.25, -0.2) is 9.78 Å². The standard InChI is InChI=1S/C12H12ClN5O5/c1-12-6(22-11(20)23-12)4(2-19)21-9(12)18-3-15-5-7(13)16-10(14)17-8(5)18/h3-4,6,9,19H,2H2,1H3,(H2,14,16,17)/t4-,6+,9-,12?/m1/s1. The third-order valence-electron chi connectivity index (χ3n) is 4.05. The zero-order chi connectivity index (χ0) is 16.4. The highest BCUT2D eigenvalue weighted by Gasteiger charge is 2.64. The van der Waals surface area contributed by atoms with Crippen LogP contribution >= 0.6 is 11.6 Å². The van der Waals surface area contributed by atoms with Crippen LogP contribution in [0.15, 0.2) is 6.33 Å². The number of nitrogen functional groups attached to an aromatic ring is 1. The van der Waals surface area contributed by atoms with Crippen molar-refractivity contribution in [3.05, 3.63) is 11.5 Å². The van der Waals surface area contributed by atoms with Crippen LogP contribution in [-0.2, 0) is 14.2 Å². The lowest BCUT2D eigenvalue weighted by molar-refractivity contribution is -0.0908. The molecular formula is C12H12ClN5O5. The van der Waals surface area contributed by atoms with Gasteiger partial charge in [-0.1, -0.05) is 11.6 Å². The Morgan fingerprint density at radius 2 is 2.30 bits per heavy atom. The Labute approximate surface area is 134 Å². The van der Waals surface area contributed by atoms with Crippen molar-refractivity contribution in [2.24, 2.45) is 0 Å². The Kier molecular flexibility index (Phi) is 2.92. The van der Waals surface area contributed by atoms with Crippen molar-refractivity contribution in [3.8, 4) is 0 Å². The van der Waals surface area contributed by atoms with Crippen molar-refractivity contribution in [3.63, 3.8) is 0 Å². The van der Waals surface area contributed by atoms with Crippen LogP contribution in [-0.4, -0.2) is 55.2 Å². The van der Waals surface area contributed by atoms with E-state index in [-0.39, 0.29) is 17.7 Å². The second kappa shape index (κ2) is 4.66. The summed E-state index contributed by atoms with van der Waals surface area (Å²) in [5.74, 6) is -0.0256. The number of aromatic nitrogens is 4. The number of carbonyl (C=O) groups is 1. The van der Waals surface area contributed by atoms with Crippen LogP contribution in [0, 0.1) is 0 Å². The molecule has 1 unspecified atom stereocenters. The summed E-state index contributed by atoms with van der Waals surface area (Å²) >= 11 is 6.01. The highest BCUT2D eigenvalue weighted by Crippen LogP contribution is 2.47. The number of anilines is 1. The summed E-state index contributed by atoms with van der Waals surface area (Å²) in [5, 5.41) is 9.57. The first-order valence-electron chi connectivity index (χ1n) is 6.75. The molecule has 4 heterocycles. The number of nitrogens with zero attached hydrogens (tertiary/aromatic N) is 4. The van der Waals surface area contributed by atoms with Crippen molar-refractivity contribution in [1.82, 2.24) is 19.5 Å². The van der Waals surface area contributed by atoms with Gasteiger partial charge in [0.1, 0.15) is 11.6 Å². The van der Waals surface area contributed by atoms with Gasteiger partial charge in [-0.3, -0.25) is 4.57 Å². The monoisotopic (exact) mass is 341 g/mol. The second-order valence-electron chi connectivity index (χ2n) is 5.48. The number of hydrogen-bond acceptors (Lipinski definition) is 9. The summed E-state index contributed by atoms with van der Waals surface area (Å²) < 4.78 is 17.7. The molecule has 11 heteroatoms. The number of hydrogen-bond donors (Lipinski definition) is 2. The smallest absolute Gasteiger partial charge is 0.424 e. The Balaban J connectivity index is 1.86. The number of aliphatic hydroxyl groups excluding tert-OH is 1. The lowest BCUT2D eigenvalue weighted by Gasteiger charge is -2.26. The largest absolute Gasteiger partial charge is 0.509 e. The van der Waals surface area contributed by atoms with Crippen LogP contribution in [0.4, 0.5) is 10.7 Å². The number of rotatable bonds is 2. The van der Waals surface area contributed by atoms with E-state index in [1.54, 1.807) is 6.92 Å². The van der Waals surface area contributed by atoms with Gasteiger partial charge < -0.3 is 25.1 Å². The normalized spacial score (nSPS) is 32.8. The Hall–Kier alpha value is -2.17. The van der Waals surface area contributed by atoms with Crippen LogP contribution in [0.3, 0.4) is 0 Å². The number of halogens is 1. The molecule has 3 N–H and O–H groups in total. The molecule has 2 saturated heterocycles. The maximum Gasteiger partial charge on any atom is 0.509 e. The number of aliphatic hydroxyl groups is 1. The average molecular weight is 342 g/mol. The summed E-state index contributed by atoms with van der Waals surface area (Å²) in [6.07, 6.45) is -1.68. The van der Waals surface area contributed by atoms with Gasteiger partial charge in [-0.2, -0.15) is 9.97 Å². The lowest BCUT2D eigenvalue weighted by Crippen LogP contribution is -2.41. The molecule has 2 aromatic rings. The van der Waals surface area contributed by atoms with E-state index in [1.807, 2.05) is 0 Å². The maximum atomic E-state index is 11.5. The Bertz CT molecular complexity index is 812. The van der Waals surface area contributed by atoms with Crippen molar-refractivity contribution in [1.29, 1.82) is 0 Å². The molecule has 2 aliphatic rings. The van der Waals surface area contributed by atoms with E-state index >= 15 is 0 Å². The molecule has 122 valence electrons. The molecule has 10 nitrogen and oxygen atoms in total. The Morgan fingerprint density at radius 1 is 1.52 bits per heavy atom. The number of nitrogens with two attached hydrogens (primary N) is 1. The van der Waals surface area contributed by atoms with Crippen LogP contribution in [0.1, 0.15) is 13.2 Å². The second-order valence-corrected chi connectivity index (χ2v) is 5.84. The lowest BCUT2D eigenvalue weighted by atomic mass is 9.96. The number of ether oxygens (including phenoxy) is 3. The molecule has 2 aromatic heterocycles. The summed E-state index contributed by atoms with van der Waals surface area (Å²) in [5.41, 5.74) is 5.14. The predicted octanol–water partition coefficient (Wildman–Crippen LogP) is 0.246. The molecule has 0 saturated carbocycles. The first kappa shape index (κ1) is 14.4. The SMILES string of the molecule is CC12OC(=O)O[C@H]1[C@@H](CO)O[C@H]2n1cnc2c(Cl)nc(N)nc21. The fourth-order valence-corrected chi connectivity index (χ4v) is 3.26. The fourth-order valence-electron chi connectivity index (χ4n) is 3.04. The molecule has 0 spiro atoms. The zero-order valence-corrected chi connectivity index (χ0v) is 12.6. The van der Waals surface area contributed by atoms with Crippen LogP contribution in [0.5, 0.6) is 0 Å². The first-order chi connectivity index (χ1) is 10.9. The van der Waals surface area contributed by atoms with Gasteiger partial charge in [0.25, 0.3) is 0 Å². The molecule has 4 rings (SSSR count). The molecule has 0 bridgehead atoms. The summed E-state index contributed by atoms with van der Waals surface area (Å²) in [7, 11) is 0. The van der Waals surface area contributed by atoms with Crippen molar-refractivity contribution in [2.75, 3.05) is 12.3 Å². The molecule has 4 atom stereocenters. The van der Waals surface area contributed by atoms with Gasteiger partial charge in [0, 0.05) is 0 Å². The Morgan fingerprint density at radius 3 is 3.04 bits per heavy atom. The number of fused-ring (bicyclic) bond motifs is 2. The zero-order valence-electron chi connectivity index (χ0n) is 11.8. The summed E-state index contributed by atoms with van der Waals surface area (Å²) in [6.45, 7) is 1.32. The van der Waals surface area contributed by atoms with Gasteiger partial charge in [0.2, 0.25) is 5.95 Å². The van der Waals surface area contributed by atoms with Gasteiger partial charge >= 0.3 is 6.16 Å². The maximum absolute atomic E-state index is 11.5. The molecular weight excluding hydrogens is 330 g/mol. The molecule has 2 fully saturated rings. The van der Waals surface area contributed by atoms with Crippen molar-refractivity contribution >= 4 is 34.9 Å². The highest BCUT2D eigenvalue weighted by atomic mass is 35.5. The number of carbonyl (C=O) groups excluding carboxylic acids is 1. The van der Waals surface area contributed by atoms with Gasteiger partial charge in [0.15, 0.2) is 28.7 Å². The topological polar surface area (TPSA) is 135 Å². The molecule has 0 amide bonds. The van der Waals surface area contributed by atoms with Crippen LogP contribution in [0.2, 0.25) is 5.15 Å². The van der Waals surface area contributed by atoms with E-state index in [1.165, 1.54) is 10.9 Å². The molecule has 0 aliphatic carbocycles. The molecule has 2 aliphatic heterocycles. The first-order valence-corrected chi connectivity index (χ1v) is 7.13. The van der Waals surface area contributed by atoms with Gasteiger partial charge in [-0.05, 0) is 6.92 Å². The van der Waals surface area contributed by atoms with E-state index in [4.69, 9.17) is 31.5 Å². The van der Waals surface area contributed by atoms with Crippen molar-refractivity contribution in [2.45, 2.75) is 31.0 Å². The molecule has 23 heavy (non-hydrogen) atoms. The molecule has 0 radical (unpaired) electrons. The summed E-state index contributed by atoms with van der Waals surface area (Å²) in [4.78, 5) is 23.6. The third kappa shape index (κ3) is 1.89. The van der Waals surface area contributed by atoms with E-state index in [9.17, 15) is 9.90 Å². The van der Waals surface area contributed by atoms with Crippen LogP contribution in [0.25, 0.3) is 11.2 Å². The predicted molar refractivity (Wildman–Crippen MR) is 75.5 cm³/mol. The highest BCUT2D eigenvalue weighted by molar-refractivity contribution is 6.33. The van der Waals surface area contributed by atoms with E-state index in [0.29, 0.717) is 11.2 Å². The van der Waals surface area contributed by atoms with E-state index in [2.05, 4.69) is 15.0 Å². The van der Waals surface area contributed by atoms with E-state index in [0.717, 1.165) is 0 Å². The average Bonchev–Trinajstić information content (AvgIpc) is 3.08. The van der Waals surface area contributed by atoms with Crippen molar-refractivity contribution < 1.29 is 24.1 Å². The number of imidazole rings is 1. The minimum Gasteiger partial charge on any atom is -0.424 e. The summed E-state index contributed by atoms with van der Waals surface area (Å²) in [6, 6.07) is 0. The molecule has 0 aromatic carbocycles. The van der Waals surface area contributed by atoms with E-state index < -0.39 is 30.2 Å². The third-order valence-corrected chi connectivity index (χ3v) is 4.32. The minimum atomic E-state index is -1.15. The van der Waals surface area contributed by atoms with Crippen LogP contribution < -0.4 is 5.73 Å². The quantitative estimate of drug-likeness (QED) is 0.581. The van der Waals surface area contributed by atoms with Gasteiger partial charge in [0.05, 0.1) is 12.9 Å². The van der Waals surface area contributed by atoms with Gasteiger partial charge in [-0.15, -0.1) is 0 Å². The minimum absolute atomic E-state index is 0.0256. The fraction of sp³-hybridized carbons (Fsp3) is 0.500.